The molecule has 2 rings (SSSR count). The fraction of sp³-hybridized carbons (Fsp3) is 0.800. The largest absolute Gasteiger partial charge is 0.301 e. The summed E-state index contributed by atoms with van der Waals surface area (Å²) in [6, 6.07) is 0.667. The van der Waals surface area contributed by atoms with Gasteiger partial charge in [-0.2, -0.15) is 15.4 Å². The van der Waals surface area contributed by atoms with Crippen LogP contribution in [0.15, 0.2) is 6.20 Å². The van der Waals surface area contributed by atoms with Crippen molar-refractivity contribution < 1.29 is 4.79 Å². The van der Waals surface area contributed by atoms with E-state index in [-0.39, 0.29) is 5.78 Å². The minimum absolute atomic E-state index is 0.276. The molecule has 0 aromatic carbocycles. The fourth-order valence-electron chi connectivity index (χ4n) is 2.95. The second-order valence-electron chi connectivity index (χ2n) is 6.14. The number of hydrogen-bond donors (Lipinski definition) is 1. The average molecular weight is 278 g/mol. The van der Waals surface area contributed by atoms with Crippen molar-refractivity contribution in [2.24, 2.45) is 5.92 Å². The Bertz CT molecular complexity index is 394. The van der Waals surface area contributed by atoms with Crippen LogP contribution in [0.3, 0.4) is 0 Å². The molecule has 0 amide bonds. The van der Waals surface area contributed by atoms with Gasteiger partial charge in [0.25, 0.3) is 0 Å². The van der Waals surface area contributed by atoms with Gasteiger partial charge in [0.05, 0.1) is 18.3 Å². The zero-order chi connectivity index (χ0) is 14.4. The molecule has 1 aromatic rings. The molecular formula is C15H26N4O. The number of hydrogen-bond acceptors (Lipinski definition) is 4. The molecule has 1 aliphatic rings. The van der Waals surface area contributed by atoms with E-state index in [2.05, 4.69) is 34.2 Å². The van der Waals surface area contributed by atoms with Gasteiger partial charge < -0.3 is 4.90 Å². The number of carbonyl (C=O) groups excluding carboxylic acids is 1. The van der Waals surface area contributed by atoms with Crippen LogP contribution in [0.5, 0.6) is 0 Å². The van der Waals surface area contributed by atoms with E-state index in [1.807, 2.05) is 0 Å². The van der Waals surface area contributed by atoms with Crippen molar-refractivity contribution in [2.45, 2.75) is 58.4 Å². The smallest absolute Gasteiger partial charge is 0.138 e. The highest BCUT2D eigenvalue weighted by Gasteiger charge is 2.20. The van der Waals surface area contributed by atoms with Crippen LogP contribution >= 0.6 is 0 Å². The lowest BCUT2D eigenvalue weighted by Crippen LogP contribution is -2.38. The Kier molecular flexibility index (Phi) is 5.71. The van der Waals surface area contributed by atoms with Crippen molar-refractivity contribution >= 4 is 5.78 Å². The van der Waals surface area contributed by atoms with Crippen LogP contribution in [0.4, 0.5) is 0 Å². The lowest BCUT2D eigenvalue weighted by atomic mass is 9.90. The van der Waals surface area contributed by atoms with Gasteiger partial charge in [-0.15, -0.1) is 0 Å². The molecule has 0 saturated carbocycles. The zero-order valence-corrected chi connectivity index (χ0v) is 12.6. The third-order valence-electron chi connectivity index (χ3n) is 4.29. The molecule has 5 heteroatoms. The SMILES string of the molecule is CC(C)N1CCC(CCCC(=O)Cc2cn[nH]n2)CC1. The summed E-state index contributed by atoms with van der Waals surface area (Å²) in [5.41, 5.74) is 0.750. The maximum Gasteiger partial charge on any atom is 0.138 e. The van der Waals surface area contributed by atoms with Gasteiger partial charge in [-0.05, 0) is 58.5 Å². The maximum absolute atomic E-state index is 11.8. The van der Waals surface area contributed by atoms with E-state index in [1.165, 1.54) is 32.4 Å². The third-order valence-corrected chi connectivity index (χ3v) is 4.29. The molecule has 1 aromatic heterocycles. The molecule has 1 N–H and O–H groups in total. The van der Waals surface area contributed by atoms with Gasteiger partial charge >= 0.3 is 0 Å². The predicted octanol–water partition coefficient (Wildman–Crippen LogP) is 2.21. The van der Waals surface area contributed by atoms with E-state index in [0.717, 1.165) is 18.0 Å². The van der Waals surface area contributed by atoms with Crippen molar-refractivity contribution in [1.29, 1.82) is 0 Å². The van der Waals surface area contributed by atoms with Crippen molar-refractivity contribution in [3.8, 4) is 0 Å². The van der Waals surface area contributed by atoms with E-state index >= 15 is 0 Å². The molecule has 0 unspecified atom stereocenters. The lowest BCUT2D eigenvalue weighted by molar-refractivity contribution is -0.118. The number of nitrogens with one attached hydrogen (secondary N) is 1. The summed E-state index contributed by atoms with van der Waals surface area (Å²) in [5.74, 6) is 1.09. The minimum atomic E-state index is 0.276. The monoisotopic (exact) mass is 278 g/mol. The van der Waals surface area contributed by atoms with Gasteiger partial charge in [0.2, 0.25) is 0 Å². The molecule has 20 heavy (non-hydrogen) atoms. The average Bonchev–Trinajstić information content (AvgIpc) is 2.92. The summed E-state index contributed by atoms with van der Waals surface area (Å²) in [6.07, 6.45) is 7.50. The third kappa shape index (κ3) is 4.71. The summed E-state index contributed by atoms with van der Waals surface area (Å²) in [6.45, 7) is 6.97. The summed E-state index contributed by atoms with van der Waals surface area (Å²) in [4.78, 5) is 14.4. The molecule has 0 bridgehead atoms. The van der Waals surface area contributed by atoms with E-state index in [1.54, 1.807) is 6.20 Å². The van der Waals surface area contributed by atoms with Gasteiger partial charge in [-0.3, -0.25) is 4.79 Å². The highest BCUT2D eigenvalue weighted by atomic mass is 16.1. The summed E-state index contributed by atoms with van der Waals surface area (Å²) < 4.78 is 0. The van der Waals surface area contributed by atoms with Crippen molar-refractivity contribution in [1.82, 2.24) is 20.3 Å². The fourth-order valence-corrected chi connectivity index (χ4v) is 2.95. The summed E-state index contributed by atoms with van der Waals surface area (Å²) >= 11 is 0. The van der Waals surface area contributed by atoms with Crippen LogP contribution in [-0.4, -0.2) is 45.2 Å². The Labute approximate surface area is 121 Å². The van der Waals surface area contributed by atoms with Crippen molar-refractivity contribution in [2.75, 3.05) is 13.1 Å². The standard InChI is InChI=1S/C15H26N4O/c1-12(2)19-8-6-13(7-9-19)4-3-5-15(20)10-14-11-16-18-17-14/h11-13H,3-10H2,1-2H3,(H,16,17,18). The van der Waals surface area contributed by atoms with Crippen LogP contribution in [0.1, 0.15) is 51.6 Å². The van der Waals surface area contributed by atoms with Crippen LogP contribution < -0.4 is 0 Å². The second-order valence-corrected chi connectivity index (χ2v) is 6.14. The molecule has 1 aliphatic heterocycles. The number of aromatic nitrogens is 3. The number of H-pyrrole nitrogens is 1. The number of likely N-dealkylation sites (tertiary alicyclic amines) is 1. The Morgan fingerprint density at radius 3 is 2.80 bits per heavy atom. The molecular weight excluding hydrogens is 252 g/mol. The van der Waals surface area contributed by atoms with Gasteiger partial charge in [0.1, 0.15) is 5.78 Å². The van der Waals surface area contributed by atoms with Crippen LogP contribution in [-0.2, 0) is 11.2 Å². The number of nitrogens with zero attached hydrogens (tertiary/aromatic N) is 3. The Hall–Kier alpha value is -1.23. The zero-order valence-electron chi connectivity index (χ0n) is 12.6. The first-order valence-corrected chi connectivity index (χ1v) is 7.75. The van der Waals surface area contributed by atoms with Crippen molar-refractivity contribution in [3.05, 3.63) is 11.9 Å². The predicted molar refractivity (Wildman–Crippen MR) is 78.4 cm³/mol. The Morgan fingerprint density at radius 2 is 2.20 bits per heavy atom. The van der Waals surface area contributed by atoms with E-state index in [4.69, 9.17) is 0 Å². The maximum atomic E-state index is 11.8. The van der Waals surface area contributed by atoms with Crippen molar-refractivity contribution in [3.63, 3.8) is 0 Å². The number of Topliss-reactive ketones (excluding diaryl/α,β-unsaturated/α-hetero) is 1. The minimum Gasteiger partial charge on any atom is -0.301 e. The number of piperidine rings is 1. The summed E-state index contributed by atoms with van der Waals surface area (Å²) in [7, 11) is 0. The van der Waals surface area contributed by atoms with Gasteiger partial charge in [0.15, 0.2) is 0 Å². The molecule has 0 aliphatic carbocycles. The summed E-state index contributed by atoms with van der Waals surface area (Å²) in [5, 5.41) is 10.2. The molecule has 2 heterocycles. The van der Waals surface area contributed by atoms with E-state index in [9.17, 15) is 4.79 Å². The van der Waals surface area contributed by atoms with E-state index in [0.29, 0.717) is 18.9 Å². The number of aromatic amines is 1. The molecule has 1 saturated heterocycles. The number of ketones is 1. The number of carbonyl (C=O) groups is 1. The van der Waals surface area contributed by atoms with Gasteiger partial charge in [0, 0.05) is 12.5 Å². The first-order valence-electron chi connectivity index (χ1n) is 7.75. The van der Waals surface area contributed by atoms with Crippen LogP contribution in [0, 0.1) is 5.92 Å². The lowest BCUT2D eigenvalue weighted by Gasteiger charge is -2.34. The molecule has 1 fully saturated rings. The van der Waals surface area contributed by atoms with Crippen LogP contribution in [0.2, 0.25) is 0 Å². The molecule has 0 atom stereocenters. The normalized spacial score (nSPS) is 17.8. The van der Waals surface area contributed by atoms with Gasteiger partial charge in [-0.1, -0.05) is 0 Å². The first-order chi connectivity index (χ1) is 9.65. The molecule has 112 valence electrons. The Morgan fingerprint density at radius 1 is 1.45 bits per heavy atom. The molecule has 5 nitrogen and oxygen atoms in total. The van der Waals surface area contributed by atoms with Crippen LogP contribution in [0.25, 0.3) is 0 Å². The highest BCUT2D eigenvalue weighted by molar-refractivity contribution is 5.80. The van der Waals surface area contributed by atoms with Gasteiger partial charge in [-0.25, -0.2) is 0 Å². The second kappa shape index (κ2) is 7.53. The first kappa shape index (κ1) is 15.2. The highest BCUT2D eigenvalue weighted by Crippen LogP contribution is 2.23. The molecule has 0 spiro atoms. The van der Waals surface area contributed by atoms with E-state index < -0.39 is 0 Å². The topological polar surface area (TPSA) is 61.9 Å². The quantitative estimate of drug-likeness (QED) is 0.830. The molecule has 0 radical (unpaired) electrons. The number of rotatable bonds is 7. The Balaban J connectivity index is 1.58.